The standard InChI is InChI=1S/C13H17BrFNO/c1-2-16-7-5-13(17,6-8-16)11-9-10(14)3-4-12(11)15/h3-4,9,17H,2,5-8H2,1H3. The van der Waals surface area contributed by atoms with E-state index in [1.165, 1.54) is 6.07 Å². The van der Waals surface area contributed by atoms with E-state index in [-0.39, 0.29) is 5.82 Å². The minimum Gasteiger partial charge on any atom is -0.385 e. The molecule has 2 nitrogen and oxygen atoms in total. The van der Waals surface area contributed by atoms with Crippen LogP contribution >= 0.6 is 15.9 Å². The van der Waals surface area contributed by atoms with Gasteiger partial charge in [0.2, 0.25) is 0 Å². The molecule has 0 saturated carbocycles. The number of likely N-dealkylation sites (tertiary alicyclic amines) is 1. The summed E-state index contributed by atoms with van der Waals surface area (Å²) in [5.41, 5.74) is -0.595. The number of aliphatic hydroxyl groups is 1. The summed E-state index contributed by atoms with van der Waals surface area (Å²) in [6.07, 6.45) is 1.18. The van der Waals surface area contributed by atoms with Gasteiger partial charge < -0.3 is 10.0 Å². The SMILES string of the molecule is CCN1CCC(O)(c2cc(Br)ccc2F)CC1. The zero-order valence-corrected chi connectivity index (χ0v) is 11.5. The molecule has 94 valence electrons. The van der Waals surface area contributed by atoms with E-state index in [9.17, 15) is 9.50 Å². The lowest BCUT2D eigenvalue weighted by Gasteiger charge is -2.38. The van der Waals surface area contributed by atoms with Gasteiger partial charge in [0.1, 0.15) is 5.82 Å². The molecule has 0 atom stereocenters. The van der Waals surface area contributed by atoms with E-state index in [1.807, 2.05) is 0 Å². The minimum atomic E-state index is -1.01. The van der Waals surface area contributed by atoms with Crippen molar-refractivity contribution in [1.29, 1.82) is 0 Å². The topological polar surface area (TPSA) is 23.5 Å². The maximum Gasteiger partial charge on any atom is 0.129 e. The number of halogens is 2. The summed E-state index contributed by atoms with van der Waals surface area (Å²) < 4.78 is 14.6. The highest BCUT2D eigenvalue weighted by atomic mass is 79.9. The van der Waals surface area contributed by atoms with Crippen LogP contribution in [-0.4, -0.2) is 29.6 Å². The fraction of sp³-hybridized carbons (Fsp3) is 0.538. The number of hydrogen-bond donors (Lipinski definition) is 1. The molecule has 0 radical (unpaired) electrons. The average Bonchev–Trinajstić information content (AvgIpc) is 2.33. The fourth-order valence-corrected chi connectivity index (χ4v) is 2.72. The summed E-state index contributed by atoms with van der Waals surface area (Å²) in [5, 5.41) is 10.6. The second-order valence-electron chi connectivity index (χ2n) is 4.59. The van der Waals surface area contributed by atoms with Crippen molar-refractivity contribution in [3.8, 4) is 0 Å². The minimum absolute atomic E-state index is 0.319. The van der Waals surface area contributed by atoms with Crippen LogP contribution < -0.4 is 0 Å². The molecule has 4 heteroatoms. The summed E-state index contributed by atoms with van der Waals surface area (Å²) in [6, 6.07) is 4.75. The van der Waals surface area contributed by atoms with Crippen LogP contribution in [0.1, 0.15) is 25.3 Å². The molecule has 1 aromatic carbocycles. The second-order valence-corrected chi connectivity index (χ2v) is 5.51. The van der Waals surface area contributed by atoms with E-state index >= 15 is 0 Å². The summed E-state index contributed by atoms with van der Waals surface area (Å²) in [5.74, 6) is -0.319. The Morgan fingerprint density at radius 1 is 1.41 bits per heavy atom. The van der Waals surface area contributed by atoms with E-state index in [2.05, 4.69) is 27.8 Å². The van der Waals surface area contributed by atoms with Crippen LogP contribution in [0.2, 0.25) is 0 Å². The lowest BCUT2D eigenvalue weighted by atomic mass is 9.84. The molecule has 2 rings (SSSR count). The largest absolute Gasteiger partial charge is 0.385 e. The molecule has 0 bridgehead atoms. The van der Waals surface area contributed by atoms with E-state index in [1.54, 1.807) is 12.1 Å². The predicted octanol–water partition coefficient (Wildman–Crippen LogP) is 2.89. The third kappa shape index (κ3) is 2.69. The van der Waals surface area contributed by atoms with Crippen molar-refractivity contribution in [2.75, 3.05) is 19.6 Å². The van der Waals surface area contributed by atoms with E-state index in [4.69, 9.17) is 0 Å². The van der Waals surface area contributed by atoms with Gasteiger partial charge in [0, 0.05) is 23.1 Å². The summed E-state index contributed by atoms with van der Waals surface area (Å²) in [4.78, 5) is 2.27. The van der Waals surface area contributed by atoms with Crippen LogP contribution in [0.25, 0.3) is 0 Å². The predicted molar refractivity (Wildman–Crippen MR) is 69.3 cm³/mol. The zero-order chi connectivity index (χ0) is 12.5. The molecule has 1 heterocycles. The first kappa shape index (κ1) is 13.0. The van der Waals surface area contributed by atoms with Crippen molar-refractivity contribution in [3.05, 3.63) is 34.1 Å². The molecule has 1 aromatic rings. The first-order valence-corrected chi connectivity index (χ1v) is 6.75. The van der Waals surface area contributed by atoms with E-state index in [0.717, 1.165) is 24.1 Å². The fourth-order valence-electron chi connectivity index (χ4n) is 2.36. The van der Waals surface area contributed by atoms with Crippen LogP contribution in [0, 0.1) is 5.82 Å². The van der Waals surface area contributed by atoms with Crippen LogP contribution in [0.5, 0.6) is 0 Å². The lowest BCUT2D eigenvalue weighted by molar-refractivity contribution is -0.0273. The molecule has 17 heavy (non-hydrogen) atoms. The Hall–Kier alpha value is -0.450. The number of piperidine rings is 1. The number of rotatable bonds is 2. The molecule has 1 aliphatic heterocycles. The first-order chi connectivity index (χ1) is 8.05. The van der Waals surface area contributed by atoms with Gasteiger partial charge in [-0.05, 0) is 37.6 Å². The monoisotopic (exact) mass is 301 g/mol. The van der Waals surface area contributed by atoms with Crippen LogP contribution in [0.4, 0.5) is 4.39 Å². The van der Waals surface area contributed by atoms with Crippen molar-refractivity contribution in [2.45, 2.75) is 25.4 Å². The highest BCUT2D eigenvalue weighted by Crippen LogP contribution is 2.35. The normalized spacial score (nSPS) is 20.5. The van der Waals surface area contributed by atoms with E-state index < -0.39 is 5.60 Å². The Bertz CT molecular complexity index is 402. The molecule has 0 unspecified atom stereocenters. The van der Waals surface area contributed by atoms with Crippen LogP contribution in [0.3, 0.4) is 0 Å². The Morgan fingerprint density at radius 2 is 2.06 bits per heavy atom. The van der Waals surface area contributed by atoms with Gasteiger partial charge in [0.15, 0.2) is 0 Å². The van der Waals surface area contributed by atoms with Crippen LogP contribution in [0.15, 0.2) is 22.7 Å². The van der Waals surface area contributed by atoms with Gasteiger partial charge in [-0.2, -0.15) is 0 Å². The highest BCUT2D eigenvalue weighted by molar-refractivity contribution is 9.10. The summed E-state index contributed by atoms with van der Waals surface area (Å²) in [6.45, 7) is 4.72. The Balaban J connectivity index is 2.24. The lowest BCUT2D eigenvalue weighted by Crippen LogP contribution is -2.42. The van der Waals surface area contributed by atoms with Gasteiger partial charge in [-0.3, -0.25) is 0 Å². The van der Waals surface area contributed by atoms with Gasteiger partial charge in [-0.1, -0.05) is 22.9 Å². The van der Waals surface area contributed by atoms with Crippen molar-refractivity contribution in [2.24, 2.45) is 0 Å². The van der Waals surface area contributed by atoms with Crippen molar-refractivity contribution < 1.29 is 9.50 Å². The van der Waals surface area contributed by atoms with Gasteiger partial charge in [-0.25, -0.2) is 4.39 Å². The van der Waals surface area contributed by atoms with Crippen molar-refractivity contribution >= 4 is 15.9 Å². The van der Waals surface area contributed by atoms with Crippen molar-refractivity contribution in [1.82, 2.24) is 4.90 Å². The van der Waals surface area contributed by atoms with Crippen molar-refractivity contribution in [3.63, 3.8) is 0 Å². The van der Waals surface area contributed by atoms with Gasteiger partial charge in [-0.15, -0.1) is 0 Å². The van der Waals surface area contributed by atoms with Crippen LogP contribution in [-0.2, 0) is 5.60 Å². The Labute approximate surface area is 110 Å². The van der Waals surface area contributed by atoms with Gasteiger partial charge in [0.25, 0.3) is 0 Å². The molecular weight excluding hydrogens is 285 g/mol. The van der Waals surface area contributed by atoms with Gasteiger partial charge >= 0.3 is 0 Å². The van der Waals surface area contributed by atoms with Gasteiger partial charge in [0.05, 0.1) is 5.60 Å². The maximum atomic E-state index is 13.8. The number of benzene rings is 1. The molecule has 1 N–H and O–H groups in total. The second kappa shape index (κ2) is 5.04. The quantitative estimate of drug-likeness (QED) is 0.908. The maximum absolute atomic E-state index is 13.8. The third-order valence-corrected chi connectivity index (χ3v) is 4.05. The molecule has 0 amide bonds. The molecule has 0 aromatic heterocycles. The number of nitrogens with zero attached hydrogens (tertiary/aromatic N) is 1. The third-order valence-electron chi connectivity index (χ3n) is 3.56. The molecule has 1 fully saturated rings. The smallest absolute Gasteiger partial charge is 0.129 e. The molecule has 1 aliphatic rings. The zero-order valence-electron chi connectivity index (χ0n) is 9.92. The highest BCUT2D eigenvalue weighted by Gasteiger charge is 2.35. The van der Waals surface area contributed by atoms with E-state index in [0.29, 0.717) is 18.4 Å². The Kier molecular flexibility index (Phi) is 3.85. The molecular formula is C13H17BrFNO. The molecule has 1 saturated heterocycles. The molecule has 0 spiro atoms. The summed E-state index contributed by atoms with van der Waals surface area (Å²) in [7, 11) is 0. The molecule has 0 aliphatic carbocycles. The first-order valence-electron chi connectivity index (χ1n) is 5.95. The Morgan fingerprint density at radius 3 is 2.65 bits per heavy atom. The number of hydrogen-bond acceptors (Lipinski definition) is 2. The average molecular weight is 302 g/mol. The summed E-state index contributed by atoms with van der Waals surface area (Å²) >= 11 is 3.32.